The summed E-state index contributed by atoms with van der Waals surface area (Å²) in [6, 6.07) is 2.59. The van der Waals surface area contributed by atoms with Gasteiger partial charge in [-0.1, -0.05) is 18.2 Å². The zero-order valence-corrected chi connectivity index (χ0v) is 18.9. The highest BCUT2D eigenvalue weighted by molar-refractivity contribution is 6.36. The average Bonchev–Trinajstić information content (AvgIpc) is 2.97. The van der Waals surface area contributed by atoms with E-state index in [1.54, 1.807) is 52.1 Å². The molecule has 4 nitrogen and oxygen atoms in total. The van der Waals surface area contributed by atoms with Crippen molar-refractivity contribution in [1.29, 1.82) is 0 Å². The Morgan fingerprint density at radius 1 is 1.26 bits per heavy atom. The first-order valence-electron chi connectivity index (χ1n) is 9.51. The lowest BCUT2D eigenvalue weighted by molar-refractivity contribution is -0.274. The number of carbonyl (C=O) groups is 1. The average molecular weight is 476 g/mol. The summed E-state index contributed by atoms with van der Waals surface area (Å²) in [6.07, 6.45) is 2.06. The minimum Gasteiger partial charge on any atom is -0.457 e. The number of hydrogen-bond acceptors (Lipinski definition) is 3. The van der Waals surface area contributed by atoms with Gasteiger partial charge in [0.1, 0.15) is 11.4 Å². The Labute approximate surface area is 188 Å². The van der Waals surface area contributed by atoms with Gasteiger partial charge in [0.05, 0.1) is 15.8 Å². The summed E-state index contributed by atoms with van der Waals surface area (Å²) in [5.74, 6) is -0.861. The van der Waals surface area contributed by atoms with Crippen molar-refractivity contribution in [2.75, 3.05) is 0 Å². The van der Waals surface area contributed by atoms with Crippen molar-refractivity contribution in [3.63, 3.8) is 0 Å². The third-order valence-corrected chi connectivity index (χ3v) is 5.92. The van der Waals surface area contributed by atoms with Crippen molar-refractivity contribution in [3.8, 4) is 5.75 Å². The molecule has 2 aromatic rings. The van der Waals surface area contributed by atoms with E-state index in [0.29, 0.717) is 11.1 Å². The molecule has 0 aliphatic heterocycles. The number of nitrogens with one attached hydrogen (secondary N) is 1. The first-order chi connectivity index (χ1) is 14.2. The molecular formula is C22H22Cl2F3NO3. The maximum atomic E-state index is 12.6. The van der Waals surface area contributed by atoms with Gasteiger partial charge in [-0.15, -0.1) is 36.4 Å². The third kappa shape index (κ3) is 5.39. The SMILES string of the molecule is Cc1cc(OC(F)(F)F)cc2[nH]cc(CC3(Cl)C=CC=C(C(=O)OC(C)(C)C)C3Cl)c12. The van der Waals surface area contributed by atoms with Crippen LogP contribution in [0.3, 0.4) is 0 Å². The maximum Gasteiger partial charge on any atom is 0.573 e. The molecule has 1 aliphatic carbocycles. The van der Waals surface area contributed by atoms with Crippen LogP contribution in [0.15, 0.2) is 42.1 Å². The molecule has 0 radical (unpaired) electrons. The van der Waals surface area contributed by atoms with Gasteiger partial charge >= 0.3 is 12.3 Å². The van der Waals surface area contributed by atoms with E-state index in [1.807, 2.05) is 0 Å². The molecule has 1 N–H and O–H groups in total. The van der Waals surface area contributed by atoms with E-state index in [4.69, 9.17) is 27.9 Å². The largest absolute Gasteiger partial charge is 0.573 e. The molecule has 2 unspecified atom stereocenters. The smallest absolute Gasteiger partial charge is 0.457 e. The van der Waals surface area contributed by atoms with E-state index in [-0.39, 0.29) is 17.7 Å². The van der Waals surface area contributed by atoms with Crippen molar-refractivity contribution < 1.29 is 27.4 Å². The summed E-state index contributed by atoms with van der Waals surface area (Å²) in [7, 11) is 0. The fraction of sp³-hybridized carbons (Fsp3) is 0.409. The molecule has 0 spiro atoms. The third-order valence-electron chi connectivity index (χ3n) is 4.71. The van der Waals surface area contributed by atoms with Crippen LogP contribution in [0.1, 0.15) is 31.9 Å². The quantitative estimate of drug-likeness (QED) is 0.414. The van der Waals surface area contributed by atoms with Crippen LogP contribution in [0.4, 0.5) is 13.2 Å². The van der Waals surface area contributed by atoms with E-state index >= 15 is 0 Å². The Morgan fingerprint density at radius 3 is 2.55 bits per heavy atom. The Morgan fingerprint density at radius 2 is 1.94 bits per heavy atom. The molecule has 0 fully saturated rings. The molecule has 0 saturated carbocycles. The van der Waals surface area contributed by atoms with Crippen LogP contribution in [0.5, 0.6) is 5.75 Å². The predicted molar refractivity (Wildman–Crippen MR) is 115 cm³/mol. The number of halogens is 5. The topological polar surface area (TPSA) is 51.3 Å². The van der Waals surface area contributed by atoms with Gasteiger partial charge in [0.2, 0.25) is 0 Å². The second-order valence-electron chi connectivity index (χ2n) is 8.47. The molecular weight excluding hydrogens is 454 g/mol. The molecule has 1 heterocycles. The number of rotatable bonds is 4. The minimum absolute atomic E-state index is 0.236. The zero-order valence-electron chi connectivity index (χ0n) is 17.4. The van der Waals surface area contributed by atoms with E-state index in [9.17, 15) is 18.0 Å². The number of hydrogen-bond donors (Lipinski definition) is 1. The lowest BCUT2D eigenvalue weighted by Gasteiger charge is -2.33. The van der Waals surface area contributed by atoms with Gasteiger partial charge in [0, 0.05) is 23.2 Å². The van der Waals surface area contributed by atoms with Crippen LogP contribution in [0.2, 0.25) is 0 Å². The second kappa shape index (κ2) is 8.10. The lowest BCUT2D eigenvalue weighted by atomic mass is 9.86. The van der Waals surface area contributed by atoms with Gasteiger partial charge in [-0.3, -0.25) is 0 Å². The van der Waals surface area contributed by atoms with E-state index in [2.05, 4.69) is 9.72 Å². The number of carbonyl (C=O) groups excluding carboxylic acids is 1. The summed E-state index contributed by atoms with van der Waals surface area (Å²) >= 11 is 13.5. The first kappa shape index (κ1) is 23.5. The molecule has 1 aromatic heterocycles. The summed E-state index contributed by atoms with van der Waals surface area (Å²) in [5.41, 5.74) is 1.37. The number of esters is 1. The van der Waals surface area contributed by atoms with Crippen LogP contribution in [-0.2, 0) is 16.0 Å². The number of fused-ring (bicyclic) bond motifs is 1. The van der Waals surface area contributed by atoms with E-state index < -0.39 is 28.2 Å². The Bertz CT molecular complexity index is 1070. The molecule has 3 rings (SSSR count). The number of H-pyrrole nitrogens is 1. The normalized spacial score (nSPS) is 21.8. The highest BCUT2D eigenvalue weighted by Crippen LogP contribution is 2.40. The lowest BCUT2D eigenvalue weighted by Crippen LogP contribution is -2.40. The zero-order chi connectivity index (χ0) is 23.2. The molecule has 0 amide bonds. The molecule has 31 heavy (non-hydrogen) atoms. The number of allylic oxidation sites excluding steroid dienone is 3. The number of aromatic amines is 1. The van der Waals surface area contributed by atoms with Gasteiger partial charge in [-0.25, -0.2) is 4.79 Å². The van der Waals surface area contributed by atoms with Crippen LogP contribution < -0.4 is 4.74 Å². The van der Waals surface area contributed by atoms with E-state index in [0.717, 1.165) is 10.9 Å². The monoisotopic (exact) mass is 475 g/mol. The number of aryl methyl sites for hydroxylation is 1. The highest BCUT2D eigenvalue weighted by atomic mass is 35.5. The second-order valence-corrected chi connectivity index (χ2v) is 9.61. The fourth-order valence-electron chi connectivity index (χ4n) is 3.55. The molecule has 0 saturated heterocycles. The van der Waals surface area contributed by atoms with Gasteiger partial charge in [-0.2, -0.15) is 0 Å². The molecule has 9 heteroatoms. The molecule has 1 aliphatic rings. The minimum atomic E-state index is -4.78. The molecule has 2 atom stereocenters. The molecule has 168 valence electrons. The number of ether oxygens (including phenoxy) is 2. The van der Waals surface area contributed by atoms with Gasteiger partial charge < -0.3 is 14.5 Å². The van der Waals surface area contributed by atoms with Gasteiger partial charge in [0.15, 0.2) is 0 Å². The summed E-state index contributed by atoms with van der Waals surface area (Å²) < 4.78 is 47.2. The fourth-order valence-corrected chi connectivity index (χ4v) is 4.20. The summed E-state index contributed by atoms with van der Waals surface area (Å²) in [4.78, 5) is 14.4. The number of aromatic nitrogens is 1. The van der Waals surface area contributed by atoms with Crippen molar-refractivity contribution >= 4 is 40.1 Å². The van der Waals surface area contributed by atoms with Crippen molar-refractivity contribution in [2.45, 2.75) is 56.3 Å². The Hall–Kier alpha value is -2.12. The highest BCUT2D eigenvalue weighted by Gasteiger charge is 2.41. The van der Waals surface area contributed by atoms with Crippen LogP contribution in [0, 0.1) is 6.92 Å². The van der Waals surface area contributed by atoms with Crippen molar-refractivity contribution in [2.24, 2.45) is 0 Å². The van der Waals surface area contributed by atoms with Crippen molar-refractivity contribution in [3.05, 3.63) is 53.3 Å². The number of alkyl halides is 5. The first-order valence-corrected chi connectivity index (χ1v) is 10.3. The number of benzene rings is 1. The van der Waals surface area contributed by atoms with Crippen LogP contribution in [-0.4, -0.2) is 33.2 Å². The summed E-state index contributed by atoms with van der Waals surface area (Å²) in [6.45, 7) is 6.96. The van der Waals surface area contributed by atoms with Gasteiger partial charge in [0.25, 0.3) is 0 Å². The van der Waals surface area contributed by atoms with Crippen molar-refractivity contribution in [1.82, 2.24) is 4.98 Å². The summed E-state index contributed by atoms with van der Waals surface area (Å²) in [5, 5.41) is -0.146. The standard InChI is InChI=1S/C22H22Cl2F3NO3/c1-12-8-14(30-22(25,26)27)9-16-17(12)13(11-28-16)10-21(24)7-5-6-15(18(21)23)19(29)31-20(2,3)4/h5-9,11,18,28H,10H2,1-4H3. The predicted octanol–water partition coefficient (Wildman–Crippen LogP) is 6.34. The maximum absolute atomic E-state index is 12.6. The van der Waals surface area contributed by atoms with Gasteiger partial charge in [-0.05, 0) is 51.3 Å². The van der Waals surface area contributed by atoms with Crippen LogP contribution in [0.25, 0.3) is 10.9 Å². The Balaban J connectivity index is 1.89. The molecule has 0 bridgehead atoms. The Kier molecular flexibility index (Phi) is 6.15. The molecule has 1 aromatic carbocycles. The van der Waals surface area contributed by atoms with E-state index in [1.165, 1.54) is 12.1 Å². The van der Waals surface area contributed by atoms with Crippen LogP contribution >= 0.6 is 23.2 Å².